The molecule has 176 valence electrons. The number of carbonyl (C=O) groups excluding carboxylic acids is 2. The lowest BCUT2D eigenvalue weighted by Crippen LogP contribution is -2.27. The molecule has 5 rings (SSSR count). The summed E-state index contributed by atoms with van der Waals surface area (Å²) in [4.78, 5) is 27.2. The maximum Gasteiger partial charge on any atom is 0.293 e. The fourth-order valence-electron chi connectivity index (χ4n) is 3.93. The molecule has 35 heavy (non-hydrogen) atoms. The van der Waals surface area contributed by atoms with Crippen LogP contribution in [0.25, 0.3) is 17.0 Å². The van der Waals surface area contributed by atoms with Gasteiger partial charge >= 0.3 is 0 Å². The van der Waals surface area contributed by atoms with Gasteiger partial charge < -0.3 is 9.30 Å². The zero-order valence-corrected chi connectivity index (χ0v) is 20.9. The predicted octanol–water partition coefficient (Wildman–Crippen LogP) is 6.86. The van der Waals surface area contributed by atoms with Gasteiger partial charge in [-0.15, -0.1) is 0 Å². The zero-order chi connectivity index (χ0) is 24.4. The number of aromatic nitrogens is 1. The average molecular weight is 551 g/mol. The predicted molar refractivity (Wildman–Crippen MR) is 139 cm³/mol. The number of thioether (sulfide) groups is 1. The van der Waals surface area contributed by atoms with Crippen LogP contribution in [0.5, 0.6) is 5.75 Å². The third-order valence-corrected chi connectivity index (χ3v) is 7.03. The van der Waals surface area contributed by atoms with Crippen LogP contribution in [-0.2, 0) is 17.9 Å². The van der Waals surface area contributed by atoms with Crippen molar-refractivity contribution >= 4 is 55.8 Å². The number of carbonyl (C=O) groups is 2. The minimum absolute atomic E-state index is 0.104. The van der Waals surface area contributed by atoms with Crippen LogP contribution in [0.15, 0.2) is 88.4 Å². The van der Waals surface area contributed by atoms with Crippen LogP contribution in [-0.4, -0.2) is 27.2 Å². The minimum atomic E-state index is -0.362. The molecule has 5 nitrogen and oxygen atoms in total. The van der Waals surface area contributed by atoms with E-state index in [1.54, 1.807) is 18.2 Å². The lowest BCUT2D eigenvalue weighted by molar-refractivity contribution is -0.123. The summed E-state index contributed by atoms with van der Waals surface area (Å²) >= 11 is 4.44. The van der Waals surface area contributed by atoms with Crippen molar-refractivity contribution in [2.45, 2.75) is 13.1 Å². The highest BCUT2D eigenvalue weighted by molar-refractivity contribution is 9.10. The Balaban J connectivity index is 1.39. The van der Waals surface area contributed by atoms with Crippen LogP contribution in [0.2, 0.25) is 0 Å². The van der Waals surface area contributed by atoms with E-state index in [-0.39, 0.29) is 23.5 Å². The number of fused-ring (bicyclic) bond motifs is 1. The van der Waals surface area contributed by atoms with Gasteiger partial charge in [0.2, 0.25) is 0 Å². The molecule has 0 atom stereocenters. The van der Waals surface area contributed by atoms with Crippen molar-refractivity contribution in [2.24, 2.45) is 0 Å². The number of rotatable bonds is 7. The number of benzene rings is 3. The Bertz CT molecular complexity index is 1430. The average Bonchev–Trinajstić information content (AvgIpc) is 3.32. The summed E-state index contributed by atoms with van der Waals surface area (Å²) in [7, 11) is 0. The van der Waals surface area contributed by atoms with E-state index in [1.807, 2.05) is 54.7 Å². The number of amides is 2. The smallest absolute Gasteiger partial charge is 0.293 e. The van der Waals surface area contributed by atoms with Gasteiger partial charge in [-0.25, -0.2) is 4.39 Å². The zero-order valence-electron chi connectivity index (χ0n) is 18.5. The van der Waals surface area contributed by atoms with Gasteiger partial charge in [0.05, 0.1) is 18.0 Å². The third-order valence-electron chi connectivity index (χ3n) is 5.63. The van der Waals surface area contributed by atoms with Crippen LogP contribution in [0.1, 0.15) is 11.1 Å². The first kappa shape index (κ1) is 23.4. The molecule has 4 aromatic rings. The Hall–Kier alpha value is -3.36. The van der Waals surface area contributed by atoms with Gasteiger partial charge in [0.15, 0.2) is 0 Å². The monoisotopic (exact) mass is 550 g/mol. The summed E-state index contributed by atoms with van der Waals surface area (Å²) in [6.45, 7) is 1.21. The molecule has 0 radical (unpaired) electrons. The highest BCUT2D eigenvalue weighted by atomic mass is 79.9. The molecule has 0 N–H and O–H groups in total. The number of imide groups is 1. The molecule has 1 aliphatic rings. The first-order valence-electron chi connectivity index (χ1n) is 10.9. The van der Waals surface area contributed by atoms with Crippen molar-refractivity contribution in [3.8, 4) is 5.75 Å². The van der Waals surface area contributed by atoms with E-state index in [0.717, 1.165) is 38.5 Å². The maximum absolute atomic E-state index is 13.2. The Morgan fingerprint density at radius 2 is 1.77 bits per heavy atom. The summed E-state index contributed by atoms with van der Waals surface area (Å²) in [6, 6.07) is 21.4. The molecule has 1 aliphatic heterocycles. The van der Waals surface area contributed by atoms with Crippen molar-refractivity contribution < 1.29 is 18.7 Å². The van der Waals surface area contributed by atoms with Crippen molar-refractivity contribution in [3.63, 3.8) is 0 Å². The molecule has 2 heterocycles. The summed E-state index contributed by atoms with van der Waals surface area (Å²) < 4.78 is 22.1. The van der Waals surface area contributed by atoms with Gasteiger partial charge in [0.1, 0.15) is 18.2 Å². The van der Waals surface area contributed by atoms with Crippen molar-refractivity contribution in [3.05, 3.63) is 105 Å². The minimum Gasteiger partial charge on any atom is -0.492 e. The fraction of sp³-hybridized carbons (Fsp3) is 0.111. The van der Waals surface area contributed by atoms with E-state index >= 15 is 0 Å². The van der Waals surface area contributed by atoms with Crippen LogP contribution in [0.3, 0.4) is 0 Å². The Morgan fingerprint density at radius 1 is 1.00 bits per heavy atom. The first-order valence-corrected chi connectivity index (χ1v) is 12.5. The van der Waals surface area contributed by atoms with E-state index in [2.05, 4.69) is 20.5 Å². The molecule has 1 fully saturated rings. The van der Waals surface area contributed by atoms with E-state index in [9.17, 15) is 14.0 Å². The normalized spacial score (nSPS) is 14.9. The molecule has 0 saturated carbocycles. The summed E-state index contributed by atoms with van der Waals surface area (Å²) in [5.74, 6) is 0.0916. The number of nitrogens with zero attached hydrogens (tertiary/aromatic N) is 2. The van der Waals surface area contributed by atoms with E-state index < -0.39 is 0 Å². The largest absolute Gasteiger partial charge is 0.492 e. The van der Waals surface area contributed by atoms with Gasteiger partial charge in [-0.1, -0.05) is 46.3 Å². The molecule has 2 amide bonds. The lowest BCUT2D eigenvalue weighted by Gasteiger charge is -2.12. The lowest BCUT2D eigenvalue weighted by atomic mass is 10.1. The Labute approximate surface area is 214 Å². The van der Waals surface area contributed by atoms with Gasteiger partial charge in [0, 0.05) is 27.1 Å². The van der Waals surface area contributed by atoms with Crippen LogP contribution in [0, 0.1) is 5.82 Å². The second-order valence-corrected chi connectivity index (χ2v) is 9.90. The van der Waals surface area contributed by atoms with Gasteiger partial charge in [0.25, 0.3) is 11.1 Å². The quantitative estimate of drug-likeness (QED) is 0.236. The summed E-state index contributed by atoms with van der Waals surface area (Å²) in [6.07, 6.45) is 3.73. The number of hydrogen-bond acceptors (Lipinski definition) is 4. The van der Waals surface area contributed by atoms with Gasteiger partial charge in [-0.3, -0.25) is 14.5 Å². The van der Waals surface area contributed by atoms with Crippen molar-refractivity contribution in [1.29, 1.82) is 0 Å². The molecule has 3 aromatic carbocycles. The number of halogens is 2. The Kier molecular flexibility index (Phi) is 6.74. The molecule has 0 aliphatic carbocycles. The fourth-order valence-corrected chi connectivity index (χ4v) is 5.12. The molecule has 8 heteroatoms. The number of hydrogen-bond donors (Lipinski definition) is 0. The molecule has 0 bridgehead atoms. The molecule has 0 spiro atoms. The van der Waals surface area contributed by atoms with Gasteiger partial charge in [-0.05, 0) is 65.9 Å². The second-order valence-electron chi connectivity index (χ2n) is 8.00. The molecular weight excluding hydrogens is 531 g/mol. The van der Waals surface area contributed by atoms with Gasteiger partial charge in [-0.2, -0.15) is 0 Å². The first-order chi connectivity index (χ1) is 17.0. The SMILES string of the molecule is O=C1S/C(=C\c2cn(CCOc3ccccc3)c3ccc(Br)cc23)C(=O)N1Cc1ccc(F)cc1. The summed E-state index contributed by atoms with van der Waals surface area (Å²) in [5, 5.41) is 0.621. The van der Waals surface area contributed by atoms with E-state index in [1.165, 1.54) is 17.0 Å². The van der Waals surface area contributed by atoms with Crippen LogP contribution >= 0.6 is 27.7 Å². The number of para-hydroxylation sites is 1. The number of ether oxygens (including phenoxy) is 1. The second kappa shape index (κ2) is 10.1. The van der Waals surface area contributed by atoms with Crippen molar-refractivity contribution in [2.75, 3.05) is 6.61 Å². The highest BCUT2D eigenvalue weighted by Crippen LogP contribution is 2.35. The molecule has 1 aromatic heterocycles. The molecular formula is C27H20BrFN2O3S. The Morgan fingerprint density at radius 3 is 2.54 bits per heavy atom. The van der Waals surface area contributed by atoms with Crippen molar-refractivity contribution in [1.82, 2.24) is 9.47 Å². The highest BCUT2D eigenvalue weighted by Gasteiger charge is 2.35. The third kappa shape index (κ3) is 5.18. The maximum atomic E-state index is 13.2. The topological polar surface area (TPSA) is 51.5 Å². The van der Waals surface area contributed by atoms with Crippen LogP contribution < -0.4 is 4.74 Å². The molecule has 1 saturated heterocycles. The van der Waals surface area contributed by atoms with E-state index in [0.29, 0.717) is 23.6 Å². The van der Waals surface area contributed by atoms with E-state index in [4.69, 9.17) is 4.74 Å². The van der Waals surface area contributed by atoms with Crippen LogP contribution in [0.4, 0.5) is 9.18 Å². The standard InChI is InChI=1S/C27H20BrFN2O3S/c28-20-8-11-24-23(15-20)19(17-30(24)12-13-34-22-4-2-1-3-5-22)14-25-26(32)31(27(33)35-25)16-18-6-9-21(29)10-7-18/h1-11,14-15,17H,12-13,16H2/b25-14-. The summed E-state index contributed by atoms with van der Waals surface area (Å²) in [5.41, 5.74) is 2.53. The molecule has 0 unspecified atom stereocenters.